The summed E-state index contributed by atoms with van der Waals surface area (Å²) in [6, 6.07) is 20.1. The lowest BCUT2D eigenvalue weighted by Gasteiger charge is -2.12. The predicted octanol–water partition coefficient (Wildman–Crippen LogP) is 6.21. The topological polar surface area (TPSA) is 35.2 Å². The molecule has 3 aromatic rings. The fraction of sp³-hybridized carbons (Fsp3) is 0.143. The Labute approximate surface area is 160 Å². The van der Waals surface area contributed by atoms with E-state index in [4.69, 9.17) is 22.1 Å². The second-order valence-electron chi connectivity index (χ2n) is 5.94. The highest BCUT2D eigenvalue weighted by atomic mass is 35.5. The van der Waals surface area contributed by atoms with Crippen molar-refractivity contribution < 1.29 is 4.74 Å². The van der Waals surface area contributed by atoms with Crippen LogP contribution in [0.2, 0.25) is 5.02 Å². The molecule has 0 fully saturated rings. The van der Waals surface area contributed by atoms with Gasteiger partial charge in [0.05, 0.1) is 10.7 Å². The summed E-state index contributed by atoms with van der Waals surface area (Å²) in [5, 5.41) is 0.511. The van der Waals surface area contributed by atoms with Crippen LogP contribution in [0, 0.1) is 13.8 Å². The lowest BCUT2D eigenvalue weighted by atomic mass is 9.95. The van der Waals surface area contributed by atoms with E-state index in [-0.39, 0.29) is 12.4 Å². The summed E-state index contributed by atoms with van der Waals surface area (Å²) >= 11 is 6.03. The third kappa shape index (κ3) is 4.47. The molecule has 3 rings (SSSR count). The fourth-order valence-corrected chi connectivity index (χ4v) is 3.02. The number of rotatable bonds is 4. The molecule has 0 spiro atoms. The first-order valence-electron chi connectivity index (χ1n) is 7.88. The summed E-state index contributed by atoms with van der Waals surface area (Å²) in [5.74, 6) is 0.715. The zero-order valence-corrected chi connectivity index (χ0v) is 15.8. The molecule has 0 heterocycles. The van der Waals surface area contributed by atoms with Gasteiger partial charge in [-0.25, -0.2) is 0 Å². The molecule has 3 aromatic carbocycles. The monoisotopic (exact) mass is 373 g/mol. The van der Waals surface area contributed by atoms with Crippen molar-refractivity contribution in [3.8, 4) is 16.9 Å². The van der Waals surface area contributed by atoms with Crippen LogP contribution >= 0.6 is 24.0 Å². The van der Waals surface area contributed by atoms with Crippen molar-refractivity contribution in [1.29, 1.82) is 0 Å². The van der Waals surface area contributed by atoms with Crippen LogP contribution in [0.4, 0.5) is 5.69 Å². The maximum absolute atomic E-state index is 6.03. The second kappa shape index (κ2) is 8.28. The van der Waals surface area contributed by atoms with Gasteiger partial charge in [0.25, 0.3) is 0 Å². The van der Waals surface area contributed by atoms with Gasteiger partial charge in [-0.05, 0) is 59.9 Å². The van der Waals surface area contributed by atoms with Gasteiger partial charge < -0.3 is 10.5 Å². The molecule has 0 bridgehead atoms. The first kappa shape index (κ1) is 19.2. The SMILES string of the molecule is Cc1cccc(C)c1-c1cccc(COc2ccc(N)c(Cl)c2)c1.Cl. The van der Waals surface area contributed by atoms with Crippen molar-refractivity contribution in [3.05, 3.63) is 82.4 Å². The third-order valence-electron chi connectivity index (χ3n) is 4.07. The van der Waals surface area contributed by atoms with Gasteiger partial charge >= 0.3 is 0 Å². The van der Waals surface area contributed by atoms with Gasteiger partial charge in [0.1, 0.15) is 12.4 Å². The molecule has 0 saturated heterocycles. The van der Waals surface area contributed by atoms with Crippen LogP contribution in [0.1, 0.15) is 16.7 Å². The number of hydrogen-bond donors (Lipinski definition) is 1. The van der Waals surface area contributed by atoms with Crippen molar-refractivity contribution in [3.63, 3.8) is 0 Å². The summed E-state index contributed by atoms with van der Waals surface area (Å²) in [4.78, 5) is 0. The van der Waals surface area contributed by atoms with Crippen LogP contribution in [-0.2, 0) is 6.61 Å². The molecule has 0 atom stereocenters. The summed E-state index contributed by atoms with van der Waals surface area (Å²) in [7, 11) is 0. The van der Waals surface area contributed by atoms with Crippen LogP contribution in [0.5, 0.6) is 5.75 Å². The molecule has 0 amide bonds. The molecule has 4 heteroatoms. The highest BCUT2D eigenvalue weighted by Crippen LogP contribution is 2.28. The van der Waals surface area contributed by atoms with Gasteiger partial charge in [-0.1, -0.05) is 48.0 Å². The molecule has 0 aliphatic rings. The number of ether oxygens (including phenoxy) is 1. The molecule has 0 radical (unpaired) electrons. The van der Waals surface area contributed by atoms with Gasteiger partial charge in [0.15, 0.2) is 0 Å². The third-order valence-corrected chi connectivity index (χ3v) is 4.40. The number of halogens is 2. The van der Waals surface area contributed by atoms with Gasteiger partial charge in [-0.2, -0.15) is 0 Å². The van der Waals surface area contributed by atoms with E-state index >= 15 is 0 Å². The molecule has 2 N–H and O–H groups in total. The van der Waals surface area contributed by atoms with Crippen molar-refractivity contribution in [2.75, 3.05) is 5.73 Å². The number of nitrogens with two attached hydrogens (primary N) is 1. The van der Waals surface area contributed by atoms with E-state index in [0.29, 0.717) is 23.1 Å². The lowest BCUT2D eigenvalue weighted by Crippen LogP contribution is -1.97. The molecule has 0 aliphatic heterocycles. The van der Waals surface area contributed by atoms with E-state index in [1.807, 2.05) is 6.07 Å². The molecular weight excluding hydrogens is 353 g/mol. The highest BCUT2D eigenvalue weighted by Gasteiger charge is 2.06. The van der Waals surface area contributed by atoms with Gasteiger partial charge in [0.2, 0.25) is 0 Å². The van der Waals surface area contributed by atoms with Gasteiger partial charge in [0, 0.05) is 6.07 Å². The van der Waals surface area contributed by atoms with Crippen LogP contribution in [0.15, 0.2) is 60.7 Å². The zero-order valence-electron chi connectivity index (χ0n) is 14.3. The van der Waals surface area contributed by atoms with Crippen LogP contribution in [0.3, 0.4) is 0 Å². The fourth-order valence-electron chi connectivity index (χ4n) is 2.85. The standard InChI is InChI=1S/C21H20ClNO.ClH/c1-14-5-3-6-15(2)21(14)17-8-4-7-16(11-17)13-24-18-9-10-20(23)19(22)12-18;/h3-12H,13,23H2,1-2H3;1H. The van der Waals surface area contributed by atoms with Crippen molar-refractivity contribution in [1.82, 2.24) is 0 Å². The van der Waals surface area contributed by atoms with Crippen LogP contribution < -0.4 is 10.5 Å². The number of nitrogen functional groups attached to an aromatic ring is 1. The average Bonchev–Trinajstić information content (AvgIpc) is 2.56. The molecule has 0 unspecified atom stereocenters. The summed E-state index contributed by atoms with van der Waals surface area (Å²) < 4.78 is 5.84. The minimum absolute atomic E-state index is 0. The Balaban J connectivity index is 0.00000225. The molecule has 25 heavy (non-hydrogen) atoms. The van der Waals surface area contributed by atoms with Crippen molar-refractivity contribution in [2.24, 2.45) is 0 Å². The van der Waals surface area contributed by atoms with Crippen molar-refractivity contribution in [2.45, 2.75) is 20.5 Å². The summed E-state index contributed by atoms with van der Waals surface area (Å²) in [5.41, 5.74) is 12.4. The normalized spacial score (nSPS) is 10.2. The molecular formula is C21H21Cl2NO. The number of hydrogen-bond acceptors (Lipinski definition) is 2. The maximum Gasteiger partial charge on any atom is 0.121 e. The minimum Gasteiger partial charge on any atom is -0.489 e. The Morgan fingerprint density at radius 1 is 0.920 bits per heavy atom. The predicted molar refractivity (Wildman–Crippen MR) is 109 cm³/mol. The first-order chi connectivity index (χ1) is 11.5. The quantitative estimate of drug-likeness (QED) is 0.551. The first-order valence-corrected chi connectivity index (χ1v) is 8.26. The average molecular weight is 374 g/mol. The van der Waals surface area contributed by atoms with E-state index < -0.39 is 0 Å². The highest BCUT2D eigenvalue weighted by molar-refractivity contribution is 6.33. The molecule has 0 aliphatic carbocycles. The number of aryl methyl sites for hydroxylation is 2. The van der Waals surface area contributed by atoms with E-state index in [1.54, 1.807) is 12.1 Å². The second-order valence-corrected chi connectivity index (χ2v) is 6.35. The van der Waals surface area contributed by atoms with E-state index in [2.05, 4.69) is 56.3 Å². The molecule has 2 nitrogen and oxygen atoms in total. The van der Waals surface area contributed by atoms with E-state index in [9.17, 15) is 0 Å². The molecule has 0 saturated carbocycles. The Morgan fingerprint density at radius 3 is 2.28 bits per heavy atom. The smallest absolute Gasteiger partial charge is 0.121 e. The minimum atomic E-state index is 0. The van der Waals surface area contributed by atoms with Crippen molar-refractivity contribution >= 4 is 29.7 Å². The molecule has 130 valence electrons. The lowest BCUT2D eigenvalue weighted by molar-refractivity contribution is 0.306. The number of benzene rings is 3. The number of anilines is 1. The van der Waals surface area contributed by atoms with Gasteiger partial charge in [-0.3, -0.25) is 0 Å². The Hall–Kier alpha value is -2.16. The zero-order chi connectivity index (χ0) is 17.1. The maximum atomic E-state index is 6.03. The van der Waals surface area contributed by atoms with E-state index in [0.717, 1.165) is 5.56 Å². The van der Waals surface area contributed by atoms with Gasteiger partial charge in [-0.15, -0.1) is 12.4 Å². The van der Waals surface area contributed by atoms with E-state index in [1.165, 1.54) is 22.3 Å². The Morgan fingerprint density at radius 2 is 1.60 bits per heavy atom. The largest absolute Gasteiger partial charge is 0.489 e. The summed E-state index contributed by atoms with van der Waals surface area (Å²) in [6.45, 7) is 4.77. The Bertz CT molecular complexity index is 857. The van der Waals surface area contributed by atoms with Crippen LogP contribution in [-0.4, -0.2) is 0 Å². The molecule has 0 aromatic heterocycles. The Kier molecular flexibility index (Phi) is 6.35. The van der Waals surface area contributed by atoms with Crippen LogP contribution in [0.25, 0.3) is 11.1 Å². The summed E-state index contributed by atoms with van der Waals surface area (Å²) in [6.07, 6.45) is 0.